The second-order valence-electron chi connectivity index (χ2n) is 7.63. The highest BCUT2D eigenvalue weighted by Crippen LogP contribution is 2.27. The zero-order valence-corrected chi connectivity index (χ0v) is 18.5. The van der Waals surface area contributed by atoms with Crippen LogP contribution in [0.5, 0.6) is 0 Å². The van der Waals surface area contributed by atoms with Gasteiger partial charge in [0.15, 0.2) is 5.58 Å². The van der Waals surface area contributed by atoms with Gasteiger partial charge in [-0.3, -0.25) is 9.59 Å². The minimum atomic E-state index is -0.865. The van der Waals surface area contributed by atoms with E-state index in [1.165, 1.54) is 0 Å². The summed E-state index contributed by atoms with van der Waals surface area (Å²) in [5, 5.41) is 15.3. The van der Waals surface area contributed by atoms with Crippen molar-refractivity contribution in [3.8, 4) is 0 Å². The molecule has 0 unspecified atom stereocenters. The monoisotopic (exact) mass is 464 g/mol. The van der Waals surface area contributed by atoms with Crippen LogP contribution in [0, 0.1) is 0 Å². The standard InChI is InChI=1S/C24H21ClN4O4/c1-14(10-23(31)32)16-7-9-21(26-13-16)29-22(30)12-15-6-8-19-20(11-15)33-24(28-19)27-18-5-3-2-4-17(18)25/h2-9,11,13-14H,10,12H2,1H3,(H,27,28)(H,31,32)(H,26,29,30)/t14-/m0/s1. The predicted octanol–water partition coefficient (Wildman–Crippen LogP) is 5.38. The molecule has 2 aromatic carbocycles. The van der Waals surface area contributed by atoms with Gasteiger partial charge in [-0.1, -0.05) is 42.8 Å². The Morgan fingerprint density at radius 2 is 1.97 bits per heavy atom. The summed E-state index contributed by atoms with van der Waals surface area (Å²) in [7, 11) is 0. The van der Waals surface area contributed by atoms with Crippen molar-refractivity contribution in [1.82, 2.24) is 9.97 Å². The molecular formula is C24H21ClN4O4. The fourth-order valence-corrected chi connectivity index (χ4v) is 3.52. The van der Waals surface area contributed by atoms with E-state index in [1.807, 2.05) is 31.2 Å². The Hall–Kier alpha value is -3.91. The molecule has 0 aliphatic carbocycles. The Kier molecular flexibility index (Phi) is 6.55. The molecule has 0 fully saturated rings. The van der Waals surface area contributed by atoms with E-state index >= 15 is 0 Å². The number of rotatable bonds is 8. The highest BCUT2D eigenvalue weighted by atomic mass is 35.5. The van der Waals surface area contributed by atoms with Gasteiger partial charge in [-0.25, -0.2) is 4.98 Å². The number of nitrogens with one attached hydrogen (secondary N) is 2. The number of aromatic nitrogens is 2. The number of benzene rings is 2. The number of nitrogens with zero attached hydrogens (tertiary/aromatic N) is 2. The summed E-state index contributed by atoms with van der Waals surface area (Å²) in [6.07, 6.45) is 1.73. The molecule has 8 nitrogen and oxygen atoms in total. The van der Waals surface area contributed by atoms with Crippen molar-refractivity contribution in [3.05, 3.63) is 76.9 Å². The summed E-state index contributed by atoms with van der Waals surface area (Å²) in [6, 6.07) is 16.4. The molecule has 168 valence electrons. The lowest BCUT2D eigenvalue weighted by Crippen LogP contribution is -2.15. The van der Waals surface area contributed by atoms with Gasteiger partial charge in [0, 0.05) is 6.20 Å². The molecule has 2 aromatic heterocycles. The van der Waals surface area contributed by atoms with Gasteiger partial charge in [-0.05, 0) is 47.4 Å². The van der Waals surface area contributed by atoms with E-state index in [-0.39, 0.29) is 24.7 Å². The Balaban J connectivity index is 1.39. The number of halogens is 1. The number of oxazole rings is 1. The van der Waals surface area contributed by atoms with Crippen LogP contribution in [-0.4, -0.2) is 27.0 Å². The van der Waals surface area contributed by atoms with Crippen LogP contribution < -0.4 is 10.6 Å². The van der Waals surface area contributed by atoms with E-state index < -0.39 is 5.97 Å². The highest BCUT2D eigenvalue weighted by Gasteiger charge is 2.13. The normalized spacial score (nSPS) is 11.8. The lowest BCUT2D eigenvalue weighted by atomic mass is 10.00. The van der Waals surface area contributed by atoms with Gasteiger partial charge in [0.2, 0.25) is 5.91 Å². The molecule has 0 radical (unpaired) electrons. The van der Waals surface area contributed by atoms with E-state index in [0.717, 1.165) is 11.1 Å². The molecule has 2 heterocycles. The van der Waals surface area contributed by atoms with Crippen LogP contribution in [0.1, 0.15) is 30.4 Å². The molecule has 4 aromatic rings. The van der Waals surface area contributed by atoms with Crippen molar-refractivity contribution >= 4 is 52.1 Å². The second-order valence-corrected chi connectivity index (χ2v) is 8.03. The van der Waals surface area contributed by atoms with Gasteiger partial charge < -0.3 is 20.2 Å². The van der Waals surface area contributed by atoms with Crippen molar-refractivity contribution in [1.29, 1.82) is 0 Å². The van der Waals surface area contributed by atoms with Crippen LogP contribution in [-0.2, 0) is 16.0 Å². The lowest BCUT2D eigenvalue weighted by Gasteiger charge is -2.10. The van der Waals surface area contributed by atoms with Crippen LogP contribution in [0.4, 0.5) is 17.5 Å². The number of carboxylic acids is 1. The molecule has 3 N–H and O–H groups in total. The van der Waals surface area contributed by atoms with Crippen LogP contribution >= 0.6 is 11.6 Å². The lowest BCUT2D eigenvalue weighted by molar-refractivity contribution is -0.137. The number of amides is 1. The number of carbonyl (C=O) groups excluding carboxylic acids is 1. The van der Waals surface area contributed by atoms with E-state index in [4.69, 9.17) is 21.1 Å². The number of hydrogen-bond acceptors (Lipinski definition) is 6. The maximum Gasteiger partial charge on any atom is 0.303 e. The van der Waals surface area contributed by atoms with Crippen molar-refractivity contribution in [2.75, 3.05) is 10.6 Å². The number of anilines is 3. The molecule has 0 spiro atoms. The van der Waals surface area contributed by atoms with Crippen molar-refractivity contribution in [3.63, 3.8) is 0 Å². The zero-order chi connectivity index (χ0) is 23.4. The van der Waals surface area contributed by atoms with Gasteiger partial charge in [0.05, 0.1) is 23.6 Å². The average molecular weight is 465 g/mol. The number of hydrogen-bond donors (Lipinski definition) is 3. The Morgan fingerprint density at radius 1 is 1.15 bits per heavy atom. The Bertz CT molecular complexity index is 1300. The van der Waals surface area contributed by atoms with Crippen molar-refractivity contribution < 1.29 is 19.1 Å². The fourth-order valence-electron chi connectivity index (χ4n) is 3.33. The fraction of sp³-hybridized carbons (Fsp3) is 0.167. The number of carbonyl (C=O) groups is 2. The topological polar surface area (TPSA) is 117 Å². The predicted molar refractivity (Wildman–Crippen MR) is 126 cm³/mol. The van der Waals surface area contributed by atoms with Crippen molar-refractivity contribution in [2.45, 2.75) is 25.7 Å². The molecule has 33 heavy (non-hydrogen) atoms. The number of aliphatic carboxylic acids is 1. The molecule has 0 aliphatic heterocycles. The Morgan fingerprint density at radius 3 is 2.70 bits per heavy atom. The first kappa shape index (κ1) is 22.3. The van der Waals surface area contributed by atoms with E-state index in [9.17, 15) is 9.59 Å². The molecule has 1 atom stereocenters. The number of para-hydroxylation sites is 1. The molecular weight excluding hydrogens is 444 g/mol. The largest absolute Gasteiger partial charge is 0.481 e. The van der Waals surface area contributed by atoms with Gasteiger partial charge in [0.25, 0.3) is 6.01 Å². The molecule has 0 aliphatic rings. The first-order valence-electron chi connectivity index (χ1n) is 10.3. The van der Waals surface area contributed by atoms with Crippen LogP contribution in [0.3, 0.4) is 0 Å². The summed E-state index contributed by atoms with van der Waals surface area (Å²) >= 11 is 6.16. The quantitative estimate of drug-likeness (QED) is 0.320. The molecule has 0 bridgehead atoms. The minimum absolute atomic E-state index is 0.0210. The summed E-state index contributed by atoms with van der Waals surface area (Å²) in [6.45, 7) is 1.82. The number of pyridine rings is 1. The van der Waals surface area contributed by atoms with E-state index in [0.29, 0.717) is 33.6 Å². The first-order valence-corrected chi connectivity index (χ1v) is 10.6. The van der Waals surface area contributed by atoms with E-state index in [2.05, 4.69) is 20.6 Å². The third kappa shape index (κ3) is 5.67. The van der Waals surface area contributed by atoms with Crippen LogP contribution in [0.2, 0.25) is 5.02 Å². The maximum absolute atomic E-state index is 12.5. The first-order chi connectivity index (χ1) is 15.9. The summed E-state index contributed by atoms with van der Waals surface area (Å²) in [4.78, 5) is 31.9. The average Bonchev–Trinajstić information content (AvgIpc) is 3.17. The third-order valence-corrected chi connectivity index (χ3v) is 5.37. The summed E-state index contributed by atoms with van der Waals surface area (Å²) in [5.74, 6) is -0.860. The van der Waals surface area contributed by atoms with Gasteiger partial charge in [0.1, 0.15) is 11.3 Å². The molecule has 0 saturated carbocycles. The van der Waals surface area contributed by atoms with Gasteiger partial charge in [-0.15, -0.1) is 0 Å². The second kappa shape index (κ2) is 9.70. The van der Waals surface area contributed by atoms with Crippen LogP contribution in [0.15, 0.2) is 65.2 Å². The highest BCUT2D eigenvalue weighted by molar-refractivity contribution is 6.33. The van der Waals surface area contributed by atoms with Gasteiger partial charge in [-0.2, -0.15) is 4.98 Å². The van der Waals surface area contributed by atoms with Crippen LogP contribution in [0.25, 0.3) is 11.1 Å². The van der Waals surface area contributed by atoms with E-state index in [1.54, 1.807) is 36.5 Å². The van der Waals surface area contributed by atoms with Gasteiger partial charge >= 0.3 is 5.97 Å². The molecule has 1 amide bonds. The SMILES string of the molecule is C[C@@H](CC(=O)O)c1ccc(NC(=O)Cc2ccc3nc(Nc4ccccc4Cl)oc3c2)nc1. The summed E-state index contributed by atoms with van der Waals surface area (Å²) in [5.41, 5.74) is 3.44. The minimum Gasteiger partial charge on any atom is -0.481 e. The summed E-state index contributed by atoms with van der Waals surface area (Å²) < 4.78 is 5.76. The molecule has 4 rings (SSSR count). The third-order valence-electron chi connectivity index (χ3n) is 5.04. The smallest absolute Gasteiger partial charge is 0.303 e. The molecule has 0 saturated heterocycles. The van der Waals surface area contributed by atoms with Crippen molar-refractivity contribution in [2.24, 2.45) is 0 Å². The zero-order valence-electron chi connectivity index (χ0n) is 17.7. The maximum atomic E-state index is 12.5. The number of carboxylic acid groups (broad SMARTS) is 1. The number of fused-ring (bicyclic) bond motifs is 1. The Labute approximate surface area is 194 Å². The molecule has 9 heteroatoms.